The van der Waals surface area contributed by atoms with Crippen LogP contribution < -0.4 is 15.2 Å². The van der Waals surface area contributed by atoms with Crippen LogP contribution in [-0.4, -0.2) is 18.9 Å². The molecule has 2 heterocycles. The van der Waals surface area contributed by atoms with Gasteiger partial charge in [0.25, 0.3) is 11.8 Å². The van der Waals surface area contributed by atoms with Crippen LogP contribution >= 0.6 is 11.6 Å². The molecule has 1 saturated heterocycles. The number of anilines is 1. The molecule has 2 aromatic carbocycles. The molecule has 1 fully saturated rings. The van der Waals surface area contributed by atoms with E-state index in [1.165, 1.54) is 11.1 Å². The van der Waals surface area contributed by atoms with E-state index in [0.717, 1.165) is 0 Å². The Hall–Kier alpha value is -3.51. The van der Waals surface area contributed by atoms with Crippen LogP contribution in [-0.2, 0) is 9.59 Å². The zero-order valence-electron chi connectivity index (χ0n) is 14.8. The summed E-state index contributed by atoms with van der Waals surface area (Å²) < 4.78 is 11.1. The maximum atomic E-state index is 12.6. The monoisotopic (exact) mass is 394 g/mol. The van der Waals surface area contributed by atoms with E-state index in [1.54, 1.807) is 61.7 Å². The van der Waals surface area contributed by atoms with Crippen molar-refractivity contribution in [3.05, 3.63) is 77.0 Å². The normalized spacial score (nSPS) is 15.2. The molecule has 0 unspecified atom stereocenters. The number of rotatable bonds is 4. The molecular weight excluding hydrogens is 380 g/mol. The van der Waals surface area contributed by atoms with Crippen molar-refractivity contribution >= 4 is 35.2 Å². The molecule has 0 bridgehead atoms. The lowest BCUT2D eigenvalue weighted by atomic mass is 10.1. The molecule has 6 nitrogen and oxygen atoms in total. The average molecular weight is 395 g/mol. The standard InChI is InChI=1S/C21H15ClN2O4/c1-27-18-9-7-13(22)11-16(18)19-10-8-15(28-19)12-17-20(25)23-24(21(17)26)14-5-3-2-4-6-14/h2-12H,1H3,(H,23,25). The van der Waals surface area contributed by atoms with Crippen LogP contribution in [0.2, 0.25) is 5.02 Å². The number of nitrogens with one attached hydrogen (secondary N) is 1. The SMILES string of the molecule is COc1ccc(Cl)cc1-c1ccc(C=C2C(=O)NN(c3ccccc3)C2=O)o1. The quantitative estimate of drug-likeness (QED) is 0.535. The first-order chi connectivity index (χ1) is 13.6. The Bertz CT molecular complexity index is 1090. The lowest BCUT2D eigenvalue weighted by Crippen LogP contribution is -2.35. The summed E-state index contributed by atoms with van der Waals surface area (Å²) in [5, 5.41) is 1.74. The molecule has 0 spiro atoms. The largest absolute Gasteiger partial charge is 0.496 e. The Kier molecular flexibility index (Phi) is 4.63. The van der Waals surface area contributed by atoms with Gasteiger partial charge in [-0.3, -0.25) is 15.0 Å². The average Bonchev–Trinajstić information content (AvgIpc) is 3.29. The Morgan fingerprint density at radius 3 is 2.61 bits per heavy atom. The van der Waals surface area contributed by atoms with E-state index in [2.05, 4.69) is 5.43 Å². The lowest BCUT2D eigenvalue weighted by molar-refractivity contribution is -0.117. The third kappa shape index (κ3) is 3.25. The second-order valence-corrected chi connectivity index (χ2v) is 6.46. The number of hydrogen-bond acceptors (Lipinski definition) is 4. The molecule has 4 rings (SSSR count). The van der Waals surface area contributed by atoms with Crippen LogP contribution in [0, 0.1) is 0 Å². The highest BCUT2D eigenvalue weighted by atomic mass is 35.5. The summed E-state index contributed by atoms with van der Waals surface area (Å²) in [6.45, 7) is 0. The number of carbonyl (C=O) groups excluding carboxylic acids is 2. The van der Waals surface area contributed by atoms with Crippen molar-refractivity contribution in [2.24, 2.45) is 0 Å². The zero-order valence-corrected chi connectivity index (χ0v) is 15.6. The van der Waals surface area contributed by atoms with E-state index in [-0.39, 0.29) is 5.57 Å². The molecule has 28 heavy (non-hydrogen) atoms. The molecule has 7 heteroatoms. The fraction of sp³-hybridized carbons (Fsp3) is 0.0476. The Morgan fingerprint density at radius 1 is 1.07 bits per heavy atom. The molecule has 0 saturated carbocycles. The van der Waals surface area contributed by atoms with E-state index in [9.17, 15) is 9.59 Å². The van der Waals surface area contributed by atoms with Crippen molar-refractivity contribution in [3.8, 4) is 17.1 Å². The maximum absolute atomic E-state index is 12.6. The number of furan rings is 1. The Balaban J connectivity index is 1.65. The van der Waals surface area contributed by atoms with Gasteiger partial charge in [0.15, 0.2) is 0 Å². The lowest BCUT2D eigenvalue weighted by Gasteiger charge is -2.13. The number of benzene rings is 2. The number of hydrogen-bond donors (Lipinski definition) is 1. The van der Waals surface area contributed by atoms with E-state index < -0.39 is 11.8 Å². The number of amides is 2. The number of ether oxygens (including phenoxy) is 1. The number of nitrogens with zero attached hydrogens (tertiary/aromatic N) is 1. The highest BCUT2D eigenvalue weighted by molar-refractivity contribution is 6.31. The van der Waals surface area contributed by atoms with E-state index in [0.29, 0.717) is 33.5 Å². The molecule has 0 radical (unpaired) electrons. The number of para-hydroxylation sites is 1. The molecule has 1 aromatic heterocycles. The van der Waals surface area contributed by atoms with E-state index in [1.807, 2.05) is 6.07 Å². The van der Waals surface area contributed by atoms with Gasteiger partial charge in [0.05, 0.1) is 18.4 Å². The third-order valence-corrected chi connectivity index (χ3v) is 4.48. The summed E-state index contributed by atoms with van der Waals surface area (Å²) in [4.78, 5) is 24.9. The van der Waals surface area contributed by atoms with Crippen molar-refractivity contribution in [2.45, 2.75) is 0 Å². The summed E-state index contributed by atoms with van der Waals surface area (Å²) >= 11 is 6.07. The summed E-state index contributed by atoms with van der Waals surface area (Å²) in [6.07, 6.45) is 1.42. The Morgan fingerprint density at radius 2 is 1.86 bits per heavy atom. The fourth-order valence-electron chi connectivity index (χ4n) is 2.91. The predicted molar refractivity (Wildman–Crippen MR) is 106 cm³/mol. The van der Waals surface area contributed by atoms with Gasteiger partial charge >= 0.3 is 0 Å². The summed E-state index contributed by atoms with van der Waals surface area (Å²) in [5.74, 6) is 0.534. The second kappa shape index (κ2) is 7.25. The molecule has 1 N–H and O–H groups in total. The van der Waals surface area contributed by atoms with Gasteiger partial charge in [0.1, 0.15) is 22.8 Å². The van der Waals surface area contributed by atoms with Gasteiger partial charge < -0.3 is 9.15 Å². The molecule has 0 aliphatic carbocycles. The van der Waals surface area contributed by atoms with Crippen molar-refractivity contribution in [1.82, 2.24) is 5.43 Å². The maximum Gasteiger partial charge on any atom is 0.282 e. The van der Waals surface area contributed by atoms with Crippen LogP contribution in [0.4, 0.5) is 5.69 Å². The number of hydrazine groups is 1. The van der Waals surface area contributed by atoms with Gasteiger partial charge in [0, 0.05) is 5.02 Å². The zero-order chi connectivity index (χ0) is 19.7. The van der Waals surface area contributed by atoms with Crippen molar-refractivity contribution in [1.29, 1.82) is 0 Å². The van der Waals surface area contributed by atoms with Gasteiger partial charge in [-0.15, -0.1) is 0 Å². The van der Waals surface area contributed by atoms with Crippen LogP contribution in [0.1, 0.15) is 5.76 Å². The van der Waals surface area contributed by atoms with Crippen molar-refractivity contribution < 1.29 is 18.7 Å². The summed E-state index contributed by atoms with van der Waals surface area (Å²) in [7, 11) is 1.55. The van der Waals surface area contributed by atoms with Gasteiger partial charge in [-0.05, 0) is 48.5 Å². The molecule has 3 aromatic rings. The Labute approximate surface area is 165 Å². The fourth-order valence-corrected chi connectivity index (χ4v) is 3.08. The molecule has 140 valence electrons. The molecular formula is C21H15ClN2O4. The van der Waals surface area contributed by atoms with E-state index in [4.69, 9.17) is 20.8 Å². The highest BCUT2D eigenvalue weighted by Crippen LogP contribution is 2.34. The molecule has 2 amide bonds. The number of methoxy groups -OCH3 is 1. The minimum atomic E-state index is -0.493. The molecule has 1 aliphatic heterocycles. The predicted octanol–water partition coefficient (Wildman–Crippen LogP) is 4.07. The van der Waals surface area contributed by atoms with E-state index >= 15 is 0 Å². The summed E-state index contributed by atoms with van der Waals surface area (Å²) in [5.41, 5.74) is 3.79. The van der Waals surface area contributed by atoms with Gasteiger partial charge in [-0.2, -0.15) is 0 Å². The highest BCUT2D eigenvalue weighted by Gasteiger charge is 2.34. The first-order valence-corrected chi connectivity index (χ1v) is 8.80. The second-order valence-electron chi connectivity index (χ2n) is 6.02. The number of carbonyl (C=O) groups is 2. The third-order valence-electron chi connectivity index (χ3n) is 4.25. The topological polar surface area (TPSA) is 71.8 Å². The first-order valence-electron chi connectivity index (χ1n) is 8.43. The van der Waals surface area contributed by atoms with Crippen LogP contribution in [0.5, 0.6) is 5.75 Å². The molecule has 1 aliphatic rings. The number of halogens is 1. The summed E-state index contributed by atoms with van der Waals surface area (Å²) in [6, 6.07) is 17.5. The smallest absolute Gasteiger partial charge is 0.282 e. The van der Waals surface area contributed by atoms with Crippen molar-refractivity contribution in [2.75, 3.05) is 12.1 Å². The van der Waals surface area contributed by atoms with Crippen LogP contribution in [0.25, 0.3) is 17.4 Å². The molecule has 0 atom stereocenters. The minimum absolute atomic E-state index is 0.0113. The van der Waals surface area contributed by atoms with Gasteiger partial charge in [-0.25, -0.2) is 5.01 Å². The minimum Gasteiger partial charge on any atom is -0.496 e. The van der Waals surface area contributed by atoms with Crippen LogP contribution in [0.15, 0.2) is 70.7 Å². The first kappa shape index (κ1) is 17.9. The van der Waals surface area contributed by atoms with Crippen molar-refractivity contribution in [3.63, 3.8) is 0 Å². The van der Waals surface area contributed by atoms with Gasteiger partial charge in [-0.1, -0.05) is 29.8 Å². The van der Waals surface area contributed by atoms with Gasteiger partial charge in [0.2, 0.25) is 0 Å². The van der Waals surface area contributed by atoms with Crippen LogP contribution in [0.3, 0.4) is 0 Å².